The van der Waals surface area contributed by atoms with Crippen LogP contribution in [0, 0.1) is 0 Å². The van der Waals surface area contributed by atoms with Gasteiger partial charge in [0.05, 0.1) is 0 Å². The van der Waals surface area contributed by atoms with Gasteiger partial charge >= 0.3 is 0 Å². The molecule has 0 radical (unpaired) electrons. The van der Waals surface area contributed by atoms with Crippen LogP contribution in [0.15, 0.2) is 37.0 Å². The Morgan fingerprint density at radius 2 is 2.08 bits per heavy atom. The maximum Gasteiger partial charge on any atom is 0.105 e. The Morgan fingerprint density at radius 1 is 1.33 bits per heavy atom. The van der Waals surface area contributed by atoms with Gasteiger partial charge in [-0.3, -0.25) is 0 Å². The first-order valence-electron chi connectivity index (χ1n) is 4.71. The third-order valence-corrected chi connectivity index (χ3v) is 1.65. The van der Waals surface area contributed by atoms with Crippen molar-refractivity contribution < 1.29 is 0 Å². The Morgan fingerprint density at radius 3 is 2.67 bits per heavy atom. The lowest BCUT2D eigenvalue weighted by atomic mass is 9.85. The summed E-state index contributed by atoms with van der Waals surface area (Å²) in [4.78, 5) is 0. The van der Waals surface area contributed by atoms with Crippen molar-refractivity contribution in [3.63, 3.8) is 0 Å². The van der Waals surface area contributed by atoms with Gasteiger partial charge in [-0.2, -0.15) is 0 Å². The molecule has 0 heterocycles. The van der Waals surface area contributed by atoms with Crippen molar-refractivity contribution in [3.05, 3.63) is 37.0 Å². The molecule has 0 N–H and O–H groups in total. The van der Waals surface area contributed by atoms with Crippen molar-refractivity contribution in [2.24, 2.45) is 0 Å². The Labute approximate surface area is 77.5 Å². The number of rotatable bonds is 6. The largest absolute Gasteiger partial charge is 0.105 e. The normalized spacial score (nSPS) is 14.1. The lowest BCUT2D eigenvalue weighted by molar-refractivity contribution is 0.727. The molecule has 1 heteroatoms. The van der Waals surface area contributed by atoms with Crippen molar-refractivity contribution in [2.75, 3.05) is 0 Å². The summed E-state index contributed by atoms with van der Waals surface area (Å²) in [5.74, 6) is 0.835. The predicted molar refractivity (Wildman–Crippen MR) is 60.3 cm³/mol. The van der Waals surface area contributed by atoms with E-state index in [4.69, 9.17) is 0 Å². The van der Waals surface area contributed by atoms with E-state index >= 15 is 0 Å². The van der Waals surface area contributed by atoms with Crippen LogP contribution in [0.1, 0.15) is 26.2 Å². The fourth-order valence-corrected chi connectivity index (χ4v) is 0.961. The molecule has 0 rings (SSSR count). The molecule has 0 saturated carbocycles. The summed E-state index contributed by atoms with van der Waals surface area (Å²) in [6, 6.07) is 0. The molecule has 66 valence electrons. The number of hydrogen-bond acceptors (Lipinski definition) is 0. The van der Waals surface area contributed by atoms with Crippen LogP contribution < -0.4 is 0 Å². The SMILES string of the molecule is BC(C)CCC/C=C\C=C/C=C. The van der Waals surface area contributed by atoms with Crippen LogP contribution in [0.5, 0.6) is 0 Å². The topological polar surface area (TPSA) is 0 Å². The zero-order valence-corrected chi connectivity index (χ0v) is 8.29. The molecule has 1 atom stereocenters. The van der Waals surface area contributed by atoms with Crippen LogP contribution in [-0.2, 0) is 0 Å². The van der Waals surface area contributed by atoms with E-state index in [2.05, 4.69) is 33.5 Å². The molecule has 0 fully saturated rings. The van der Waals surface area contributed by atoms with Gasteiger partial charge in [-0.25, -0.2) is 0 Å². The third kappa shape index (κ3) is 9.28. The Kier molecular flexibility index (Phi) is 7.88. The zero-order valence-electron chi connectivity index (χ0n) is 8.29. The molecule has 0 aliphatic heterocycles. The van der Waals surface area contributed by atoms with E-state index in [1.165, 1.54) is 19.3 Å². The molecular weight excluding hydrogens is 143 g/mol. The summed E-state index contributed by atoms with van der Waals surface area (Å²) in [7, 11) is 2.27. The summed E-state index contributed by atoms with van der Waals surface area (Å²) < 4.78 is 0. The molecule has 0 saturated heterocycles. The average molecular weight is 162 g/mol. The van der Waals surface area contributed by atoms with E-state index in [1.54, 1.807) is 6.08 Å². The second-order valence-electron chi connectivity index (χ2n) is 3.37. The highest BCUT2D eigenvalue weighted by Gasteiger charge is 1.90. The monoisotopic (exact) mass is 162 g/mol. The van der Waals surface area contributed by atoms with Gasteiger partial charge in [0, 0.05) is 0 Å². The second-order valence-corrected chi connectivity index (χ2v) is 3.37. The van der Waals surface area contributed by atoms with E-state index in [0.717, 1.165) is 5.82 Å². The lowest BCUT2D eigenvalue weighted by Crippen LogP contribution is -1.83. The Hall–Kier alpha value is -0.715. The summed E-state index contributed by atoms with van der Waals surface area (Å²) >= 11 is 0. The van der Waals surface area contributed by atoms with Gasteiger partial charge in [-0.1, -0.05) is 62.5 Å². The molecule has 0 aliphatic carbocycles. The highest BCUT2D eigenvalue weighted by molar-refractivity contribution is 6.11. The van der Waals surface area contributed by atoms with Crippen molar-refractivity contribution in [1.29, 1.82) is 0 Å². The molecule has 0 aromatic rings. The van der Waals surface area contributed by atoms with Gasteiger partial charge in [-0.05, 0) is 6.42 Å². The first-order chi connectivity index (χ1) is 5.77. The standard InChI is InChI=1S/C11H19B/c1-3-4-5-6-7-8-9-10-11(2)12/h3-7,11H,1,8-10,12H2,2H3/b5-4-,7-6-. The van der Waals surface area contributed by atoms with Gasteiger partial charge in [0.2, 0.25) is 0 Å². The first kappa shape index (κ1) is 11.3. The fourth-order valence-electron chi connectivity index (χ4n) is 0.961. The Balaban J connectivity index is 3.24. The fraction of sp³-hybridized carbons (Fsp3) is 0.455. The van der Waals surface area contributed by atoms with Gasteiger partial charge in [0.25, 0.3) is 0 Å². The number of unbranched alkanes of at least 4 members (excludes halogenated alkanes) is 1. The smallest absolute Gasteiger partial charge is 0.0991 e. The molecule has 0 aliphatic rings. The highest BCUT2D eigenvalue weighted by atomic mass is 13.9. The molecule has 0 aromatic heterocycles. The van der Waals surface area contributed by atoms with Crippen LogP contribution in [0.25, 0.3) is 0 Å². The molecule has 0 bridgehead atoms. The van der Waals surface area contributed by atoms with Gasteiger partial charge in [0.1, 0.15) is 7.85 Å². The summed E-state index contributed by atoms with van der Waals surface area (Å²) in [5.41, 5.74) is 0. The minimum absolute atomic E-state index is 0.835. The third-order valence-electron chi connectivity index (χ3n) is 1.65. The van der Waals surface area contributed by atoms with E-state index in [1.807, 2.05) is 12.2 Å². The van der Waals surface area contributed by atoms with E-state index in [9.17, 15) is 0 Å². The lowest BCUT2D eigenvalue weighted by Gasteiger charge is -1.99. The van der Waals surface area contributed by atoms with Crippen molar-refractivity contribution in [1.82, 2.24) is 0 Å². The van der Waals surface area contributed by atoms with Gasteiger partial charge in [-0.15, -0.1) is 0 Å². The Bertz CT molecular complexity index is 154. The maximum absolute atomic E-state index is 3.60. The van der Waals surface area contributed by atoms with E-state index < -0.39 is 0 Å². The summed E-state index contributed by atoms with van der Waals surface area (Å²) in [6.45, 7) is 5.86. The molecule has 12 heavy (non-hydrogen) atoms. The molecule has 0 amide bonds. The minimum atomic E-state index is 0.835. The summed E-state index contributed by atoms with van der Waals surface area (Å²) in [5, 5.41) is 0. The van der Waals surface area contributed by atoms with Crippen LogP contribution in [0.4, 0.5) is 0 Å². The van der Waals surface area contributed by atoms with Crippen molar-refractivity contribution >= 4 is 7.85 Å². The second kappa shape index (κ2) is 8.38. The highest BCUT2D eigenvalue weighted by Crippen LogP contribution is 2.08. The van der Waals surface area contributed by atoms with E-state index in [-0.39, 0.29) is 0 Å². The first-order valence-corrected chi connectivity index (χ1v) is 4.71. The predicted octanol–water partition coefficient (Wildman–Crippen LogP) is 2.90. The molecule has 0 spiro atoms. The van der Waals surface area contributed by atoms with E-state index in [0.29, 0.717) is 0 Å². The van der Waals surface area contributed by atoms with Crippen molar-refractivity contribution in [3.8, 4) is 0 Å². The molecular formula is C11H19B. The van der Waals surface area contributed by atoms with Crippen LogP contribution in [-0.4, -0.2) is 7.85 Å². The molecule has 1 unspecified atom stereocenters. The van der Waals surface area contributed by atoms with Crippen molar-refractivity contribution in [2.45, 2.75) is 32.0 Å². The van der Waals surface area contributed by atoms with Crippen LogP contribution in [0.2, 0.25) is 5.82 Å². The van der Waals surface area contributed by atoms with Gasteiger partial charge < -0.3 is 0 Å². The zero-order chi connectivity index (χ0) is 9.23. The molecule has 0 aromatic carbocycles. The maximum atomic E-state index is 3.60. The van der Waals surface area contributed by atoms with Crippen LogP contribution in [0.3, 0.4) is 0 Å². The minimum Gasteiger partial charge on any atom is -0.0991 e. The summed E-state index contributed by atoms with van der Waals surface area (Å²) in [6.07, 6.45) is 13.9. The average Bonchev–Trinajstić information content (AvgIpc) is 2.02. The van der Waals surface area contributed by atoms with Crippen LogP contribution >= 0.6 is 0 Å². The molecule has 0 nitrogen and oxygen atoms in total. The van der Waals surface area contributed by atoms with Gasteiger partial charge in [0.15, 0.2) is 0 Å². The quantitative estimate of drug-likeness (QED) is 0.320. The number of allylic oxidation sites excluding steroid dienone is 5. The number of hydrogen-bond donors (Lipinski definition) is 0.